The molecule has 0 aliphatic heterocycles. The van der Waals surface area contributed by atoms with E-state index in [1.165, 1.54) is 11.8 Å². The Labute approximate surface area is 122 Å². The van der Waals surface area contributed by atoms with Crippen LogP contribution in [-0.2, 0) is 9.59 Å². The number of hydrogen-bond donors (Lipinski definition) is 2. The second-order valence-electron chi connectivity index (χ2n) is 4.23. The Balaban J connectivity index is 2.07. The first-order valence-electron chi connectivity index (χ1n) is 6.36. The van der Waals surface area contributed by atoms with E-state index in [1.54, 1.807) is 6.92 Å². The summed E-state index contributed by atoms with van der Waals surface area (Å²) in [5.41, 5.74) is 0. The number of nitrogens with one attached hydrogen (secondary N) is 1. The van der Waals surface area contributed by atoms with Crippen molar-refractivity contribution in [2.75, 3.05) is 18.9 Å². The first-order chi connectivity index (χ1) is 9.58. The topological polar surface area (TPSA) is 75.6 Å². The van der Waals surface area contributed by atoms with Crippen molar-refractivity contribution in [1.82, 2.24) is 5.32 Å². The number of ether oxygens (including phenoxy) is 1. The van der Waals surface area contributed by atoms with E-state index in [4.69, 9.17) is 9.84 Å². The standard InChI is InChI=1S/C14H19NO4S/c1-11(9-14(17)18)20-10-13(16)15-7-8-19-12-5-3-2-4-6-12/h2-6,11H,7-10H2,1H3,(H,15,16)(H,17,18). The first kappa shape index (κ1) is 16.4. The molecule has 0 aliphatic rings. The molecular formula is C14H19NO4S. The van der Waals surface area contributed by atoms with E-state index in [-0.39, 0.29) is 23.3 Å². The zero-order valence-corrected chi connectivity index (χ0v) is 12.2. The number of para-hydroxylation sites is 1. The van der Waals surface area contributed by atoms with Crippen LogP contribution in [0.3, 0.4) is 0 Å². The fraction of sp³-hybridized carbons (Fsp3) is 0.429. The molecule has 0 saturated carbocycles. The van der Waals surface area contributed by atoms with Crippen molar-refractivity contribution < 1.29 is 19.4 Å². The molecule has 20 heavy (non-hydrogen) atoms. The minimum atomic E-state index is -0.846. The van der Waals surface area contributed by atoms with Crippen LogP contribution in [-0.4, -0.2) is 41.1 Å². The fourth-order valence-corrected chi connectivity index (χ4v) is 2.25. The molecule has 0 spiro atoms. The number of carboxylic acid groups (broad SMARTS) is 1. The van der Waals surface area contributed by atoms with Gasteiger partial charge in [0, 0.05) is 5.25 Å². The Morgan fingerprint density at radius 2 is 2.05 bits per heavy atom. The Bertz CT molecular complexity index is 424. The van der Waals surface area contributed by atoms with E-state index in [0.717, 1.165) is 5.75 Å². The summed E-state index contributed by atoms with van der Waals surface area (Å²) in [6.45, 7) is 2.64. The molecule has 1 unspecified atom stereocenters. The van der Waals surface area contributed by atoms with Crippen LogP contribution in [0.1, 0.15) is 13.3 Å². The van der Waals surface area contributed by atoms with Crippen molar-refractivity contribution in [3.63, 3.8) is 0 Å². The third-order valence-electron chi connectivity index (χ3n) is 2.40. The van der Waals surface area contributed by atoms with Crippen LogP contribution < -0.4 is 10.1 Å². The molecule has 1 aromatic rings. The highest BCUT2D eigenvalue weighted by Gasteiger charge is 2.10. The third kappa shape index (κ3) is 7.68. The Morgan fingerprint density at radius 1 is 1.35 bits per heavy atom. The SMILES string of the molecule is CC(CC(=O)O)SCC(=O)NCCOc1ccccc1. The molecule has 0 heterocycles. The number of benzene rings is 1. The highest BCUT2D eigenvalue weighted by Crippen LogP contribution is 2.13. The molecular weight excluding hydrogens is 278 g/mol. The fourth-order valence-electron chi connectivity index (χ4n) is 1.45. The number of carbonyl (C=O) groups excluding carboxylic acids is 1. The van der Waals surface area contributed by atoms with Gasteiger partial charge in [-0.2, -0.15) is 0 Å². The first-order valence-corrected chi connectivity index (χ1v) is 7.40. The number of hydrogen-bond acceptors (Lipinski definition) is 4. The number of carboxylic acids is 1. The molecule has 1 aromatic carbocycles. The lowest BCUT2D eigenvalue weighted by molar-refractivity contribution is -0.136. The summed E-state index contributed by atoms with van der Waals surface area (Å²) >= 11 is 1.33. The van der Waals surface area contributed by atoms with Crippen molar-refractivity contribution in [1.29, 1.82) is 0 Å². The summed E-state index contributed by atoms with van der Waals surface area (Å²) in [4.78, 5) is 22.0. The van der Waals surface area contributed by atoms with Gasteiger partial charge in [0.15, 0.2) is 0 Å². The van der Waals surface area contributed by atoms with Gasteiger partial charge in [-0.15, -0.1) is 11.8 Å². The van der Waals surface area contributed by atoms with Crippen molar-refractivity contribution >= 4 is 23.6 Å². The van der Waals surface area contributed by atoms with Crippen molar-refractivity contribution in [3.8, 4) is 5.75 Å². The molecule has 2 N–H and O–H groups in total. The zero-order valence-electron chi connectivity index (χ0n) is 11.4. The van der Waals surface area contributed by atoms with Crippen LogP contribution in [0.4, 0.5) is 0 Å². The van der Waals surface area contributed by atoms with E-state index in [2.05, 4.69) is 5.32 Å². The van der Waals surface area contributed by atoms with Crippen molar-refractivity contribution in [2.45, 2.75) is 18.6 Å². The van der Waals surface area contributed by atoms with E-state index in [9.17, 15) is 9.59 Å². The van der Waals surface area contributed by atoms with Gasteiger partial charge in [0.05, 0.1) is 18.7 Å². The summed E-state index contributed by atoms with van der Waals surface area (Å²) in [5, 5.41) is 11.3. The van der Waals surface area contributed by atoms with E-state index in [1.807, 2.05) is 30.3 Å². The van der Waals surface area contributed by atoms with Gasteiger partial charge in [0.1, 0.15) is 12.4 Å². The molecule has 6 heteroatoms. The number of aliphatic carboxylic acids is 1. The predicted molar refractivity (Wildman–Crippen MR) is 79.1 cm³/mol. The maximum atomic E-state index is 11.5. The van der Waals surface area contributed by atoms with Gasteiger partial charge in [-0.3, -0.25) is 9.59 Å². The average molecular weight is 297 g/mol. The summed E-state index contributed by atoms with van der Waals surface area (Å²) < 4.78 is 5.44. The number of thioether (sulfide) groups is 1. The number of amides is 1. The monoisotopic (exact) mass is 297 g/mol. The smallest absolute Gasteiger partial charge is 0.304 e. The zero-order chi connectivity index (χ0) is 14.8. The maximum absolute atomic E-state index is 11.5. The van der Waals surface area contributed by atoms with Crippen molar-refractivity contribution in [2.24, 2.45) is 0 Å². The molecule has 0 fully saturated rings. The molecule has 0 bridgehead atoms. The lowest BCUT2D eigenvalue weighted by Gasteiger charge is -2.09. The average Bonchev–Trinajstić information content (AvgIpc) is 2.42. The molecule has 5 nitrogen and oxygen atoms in total. The second kappa shape index (κ2) is 9.25. The largest absolute Gasteiger partial charge is 0.492 e. The minimum Gasteiger partial charge on any atom is -0.492 e. The molecule has 0 saturated heterocycles. The van der Waals surface area contributed by atoms with Gasteiger partial charge >= 0.3 is 5.97 Å². The third-order valence-corrected chi connectivity index (χ3v) is 3.56. The molecule has 0 aromatic heterocycles. The van der Waals surface area contributed by atoms with Gasteiger partial charge in [-0.25, -0.2) is 0 Å². The predicted octanol–water partition coefficient (Wildman–Crippen LogP) is 1.78. The van der Waals surface area contributed by atoms with Crippen LogP contribution in [0.5, 0.6) is 5.75 Å². The summed E-state index contributed by atoms with van der Waals surface area (Å²) in [6.07, 6.45) is 0.0645. The van der Waals surface area contributed by atoms with Crippen LogP contribution in [0.15, 0.2) is 30.3 Å². The van der Waals surface area contributed by atoms with E-state index in [0.29, 0.717) is 13.2 Å². The van der Waals surface area contributed by atoms with Crippen LogP contribution in [0, 0.1) is 0 Å². The Morgan fingerprint density at radius 3 is 2.70 bits per heavy atom. The summed E-state index contributed by atoms with van der Waals surface area (Å²) in [7, 11) is 0. The molecule has 1 atom stereocenters. The summed E-state index contributed by atoms with van der Waals surface area (Å²) in [6, 6.07) is 9.38. The quantitative estimate of drug-likeness (QED) is 0.680. The number of rotatable bonds is 9. The van der Waals surface area contributed by atoms with Gasteiger partial charge in [0.2, 0.25) is 5.91 Å². The van der Waals surface area contributed by atoms with Crippen LogP contribution in [0.2, 0.25) is 0 Å². The van der Waals surface area contributed by atoms with Gasteiger partial charge in [0.25, 0.3) is 0 Å². The number of carbonyl (C=O) groups is 2. The van der Waals surface area contributed by atoms with Crippen LogP contribution >= 0.6 is 11.8 Å². The molecule has 0 aliphatic carbocycles. The highest BCUT2D eigenvalue weighted by atomic mass is 32.2. The molecule has 1 rings (SSSR count). The minimum absolute atomic E-state index is 0.0645. The molecule has 1 amide bonds. The van der Waals surface area contributed by atoms with Gasteiger partial charge in [-0.1, -0.05) is 25.1 Å². The van der Waals surface area contributed by atoms with E-state index >= 15 is 0 Å². The van der Waals surface area contributed by atoms with Gasteiger partial charge < -0.3 is 15.2 Å². The Kier molecular flexibility index (Phi) is 7.57. The molecule has 0 radical (unpaired) electrons. The second-order valence-corrected chi connectivity index (χ2v) is 5.66. The van der Waals surface area contributed by atoms with Crippen LogP contribution in [0.25, 0.3) is 0 Å². The lowest BCUT2D eigenvalue weighted by atomic mass is 10.3. The lowest BCUT2D eigenvalue weighted by Crippen LogP contribution is -2.30. The Hall–Kier alpha value is -1.69. The van der Waals surface area contributed by atoms with E-state index < -0.39 is 5.97 Å². The molecule has 110 valence electrons. The van der Waals surface area contributed by atoms with Crippen molar-refractivity contribution in [3.05, 3.63) is 30.3 Å². The summed E-state index contributed by atoms with van der Waals surface area (Å²) in [5.74, 6) is 0.0801. The highest BCUT2D eigenvalue weighted by molar-refractivity contribution is 8.00. The van der Waals surface area contributed by atoms with Gasteiger partial charge in [-0.05, 0) is 12.1 Å². The normalized spacial score (nSPS) is 11.7. The maximum Gasteiger partial charge on any atom is 0.304 e.